The smallest absolute Gasteiger partial charge is 0.243 e. The number of aromatic amines is 1. The standard InChI is InChI=1S/C50H70N18O10/c1-27(69)62-34(9-5-21-59-49(54)55)43(73)64-35-10-4-20-58-41(71)19-17-33(42(53)72)63-48(78)39(24-30-26-61-32-8-3-2-7-31(30)32)68-45(75)36(11-6-22-60-50(56)57)65-47(77)38(23-28-12-14-29(25-51)15-13-28)67-46(76)37(66-44(35)74)16-18-40(52)70/h2-3,7-8,12-15,26,33-39,61H,4-6,9-11,16-24H2,1H3,(H2,52,70)(H2,53,72)(H,58,71)(H,62,69)(H,63,78)(H,64,73)(H,65,77)(H,66,74)(H,67,76)(H,68,75)(H4,54,55,59)(H4,56,57,60)/t33-,34-,35-,36-,37-,38+,39-/m0/s1. The van der Waals surface area contributed by atoms with Gasteiger partial charge in [0.1, 0.15) is 42.3 Å². The van der Waals surface area contributed by atoms with E-state index in [0.717, 1.165) is 0 Å². The maximum absolute atomic E-state index is 14.7. The topological polar surface area (TPSA) is 487 Å². The van der Waals surface area contributed by atoms with Crippen molar-refractivity contribution in [2.75, 3.05) is 19.6 Å². The Hall–Kier alpha value is -9.29. The summed E-state index contributed by atoms with van der Waals surface area (Å²) >= 11 is 0. The number of hydrogen-bond acceptors (Lipinski definition) is 13. The number of H-pyrrole nitrogens is 1. The molecule has 4 rings (SSSR count). The third kappa shape index (κ3) is 20.8. The SMILES string of the molecule is CC(=O)N[C@@H](CCCN=C(N)N)C(=O)N[C@H]1CCCNC(=O)CC[C@@H](C(N)=O)NC(=O)[C@H](Cc2c[nH]c3ccccc23)NC(=O)[C@H](CCCN=C(N)N)NC(=O)[C@@H](Cc2ccc(C#N)cc2)NC(=O)[C@H](CCC(N)=O)NC1=O. The number of carbonyl (C=O) groups is 10. The van der Waals surface area contributed by atoms with Crippen LogP contribution in [0.5, 0.6) is 0 Å². The van der Waals surface area contributed by atoms with Crippen LogP contribution in [-0.4, -0.2) is 138 Å². The largest absolute Gasteiger partial charge is 0.370 e. The average Bonchev–Trinajstić information content (AvgIpc) is 3.80. The van der Waals surface area contributed by atoms with Gasteiger partial charge >= 0.3 is 0 Å². The van der Waals surface area contributed by atoms with Crippen molar-refractivity contribution in [3.05, 3.63) is 71.4 Å². The molecular weight excluding hydrogens is 1010 g/mol. The quantitative estimate of drug-likeness (QED) is 0.0307. The van der Waals surface area contributed by atoms with Crippen molar-refractivity contribution in [2.24, 2.45) is 44.4 Å². The minimum atomic E-state index is -1.60. The van der Waals surface area contributed by atoms with Gasteiger partial charge in [0, 0.05) is 69.3 Å². The number of guanidine groups is 2. The van der Waals surface area contributed by atoms with E-state index in [9.17, 15) is 53.2 Å². The monoisotopic (exact) mass is 1080 g/mol. The Morgan fingerprint density at radius 2 is 1.31 bits per heavy atom. The number of aliphatic imine (C=N–C) groups is 2. The molecule has 1 saturated heterocycles. The number of benzene rings is 2. The van der Waals surface area contributed by atoms with Crippen molar-refractivity contribution in [3.63, 3.8) is 0 Å². The molecule has 0 aliphatic carbocycles. The molecule has 28 nitrogen and oxygen atoms in total. The second kappa shape index (κ2) is 30.9. The summed E-state index contributed by atoms with van der Waals surface area (Å²) < 4.78 is 0. The molecular formula is C50H70N18O10. The molecule has 420 valence electrons. The van der Waals surface area contributed by atoms with Crippen LogP contribution in [-0.2, 0) is 60.8 Å². The number of amides is 10. The van der Waals surface area contributed by atoms with Gasteiger partial charge in [-0.15, -0.1) is 0 Å². The number of nitrogens with zero attached hydrogens (tertiary/aromatic N) is 3. The number of nitriles is 1. The zero-order chi connectivity index (χ0) is 57.3. The highest BCUT2D eigenvalue weighted by Crippen LogP contribution is 2.20. The van der Waals surface area contributed by atoms with Gasteiger partial charge in [0.25, 0.3) is 0 Å². The Morgan fingerprint density at radius 1 is 0.718 bits per heavy atom. The number of nitrogens with one attached hydrogen (secondary N) is 9. The molecule has 1 aromatic heterocycles. The van der Waals surface area contributed by atoms with Crippen LogP contribution in [0.25, 0.3) is 10.9 Å². The fourth-order valence-electron chi connectivity index (χ4n) is 8.32. The molecule has 2 aromatic carbocycles. The first-order valence-corrected chi connectivity index (χ1v) is 25.2. The molecule has 1 aliphatic heterocycles. The normalized spacial score (nSPS) is 20.6. The van der Waals surface area contributed by atoms with E-state index in [-0.39, 0.29) is 101 Å². The molecule has 1 fully saturated rings. The van der Waals surface area contributed by atoms with Crippen molar-refractivity contribution in [3.8, 4) is 6.07 Å². The van der Waals surface area contributed by atoms with Crippen LogP contribution in [0.3, 0.4) is 0 Å². The number of hydrogen-bond donors (Lipinski definition) is 15. The zero-order valence-electron chi connectivity index (χ0n) is 43.2. The molecule has 28 heteroatoms. The fraction of sp³-hybridized carbons (Fsp3) is 0.460. The van der Waals surface area contributed by atoms with Gasteiger partial charge in [0.05, 0.1) is 11.6 Å². The highest BCUT2D eigenvalue weighted by atomic mass is 16.2. The van der Waals surface area contributed by atoms with E-state index in [1.54, 1.807) is 30.5 Å². The minimum Gasteiger partial charge on any atom is -0.370 e. The van der Waals surface area contributed by atoms with Crippen LogP contribution in [0.1, 0.15) is 87.8 Å². The molecule has 0 radical (unpaired) electrons. The second-order valence-electron chi connectivity index (χ2n) is 18.5. The summed E-state index contributed by atoms with van der Waals surface area (Å²) in [5.74, 6) is -8.92. The molecule has 1 aliphatic rings. The van der Waals surface area contributed by atoms with Crippen LogP contribution in [0.4, 0.5) is 0 Å². The van der Waals surface area contributed by atoms with E-state index in [2.05, 4.69) is 57.5 Å². The van der Waals surface area contributed by atoms with Gasteiger partial charge in [-0.25, -0.2) is 0 Å². The third-order valence-electron chi connectivity index (χ3n) is 12.4. The lowest BCUT2D eigenvalue weighted by Crippen LogP contribution is -2.60. The average molecular weight is 1080 g/mol. The van der Waals surface area contributed by atoms with E-state index in [0.29, 0.717) is 22.0 Å². The molecule has 0 unspecified atom stereocenters. The van der Waals surface area contributed by atoms with E-state index in [1.807, 2.05) is 6.07 Å². The number of para-hydroxylation sites is 1. The number of rotatable bonds is 19. The highest BCUT2D eigenvalue weighted by molar-refractivity contribution is 5.98. The van der Waals surface area contributed by atoms with Gasteiger partial charge < -0.3 is 81.9 Å². The van der Waals surface area contributed by atoms with E-state index in [4.69, 9.17) is 34.4 Å². The van der Waals surface area contributed by atoms with Crippen LogP contribution in [0.15, 0.2) is 64.7 Å². The molecule has 0 saturated carbocycles. The third-order valence-corrected chi connectivity index (χ3v) is 12.4. The highest BCUT2D eigenvalue weighted by Gasteiger charge is 2.35. The molecule has 21 N–H and O–H groups in total. The molecule has 0 bridgehead atoms. The lowest BCUT2D eigenvalue weighted by Gasteiger charge is -2.28. The number of fused-ring (bicyclic) bond motifs is 1. The summed E-state index contributed by atoms with van der Waals surface area (Å²) in [5, 5.41) is 31.1. The summed E-state index contributed by atoms with van der Waals surface area (Å²) in [5.41, 5.74) is 35.2. The molecule has 3 aromatic rings. The van der Waals surface area contributed by atoms with Crippen molar-refractivity contribution in [1.29, 1.82) is 5.26 Å². The molecule has 10 amide bonds. The molecule has 7 atom stereocenters. The van der Waals surface area contributed by atoms with Gasteiger partial charge in [-0.3, -0.25) is 57.9 Å². The first-order chi connectivity index (χ1) is 37.1. The Kier molecular flexibility index (Phi) is 24.3. The van der Waals surface area contributed by atoms with Crippen LogP contribution >= 0.6 is 0 Å². The molecule has 0 spiro atoms. The summed E-state index contributed by atoms with van der Waals surface area (Å²) in [6.45, 7) is 1.18. The van der Waals surface area contributed by atoms with Gasteiger partial charge in [-0.1, -0.05) is 30.3 Å². The number of carbonyl (C=O) groups excluding carboxylic acids is 10. The first kappa shape index (κ1) is 61.3. The van der Waals surface area contributed by atoms with Gasteiger partial charge in [0.15, 0.2) is 11.9 Å². The van der Waals surface area contributed by atoms with Crippen LogP contribution in [0, 0.1) is 11.3 Å². The van der Waals surface area contributed by atoms with Crippen molar-refractivity contribution in [1.82, 2.24) is 47.5 Å². The maximum atomic E-state index is 14.7. The molecule has 2 heterocycles. The van der Waals surface area contributed by atoms with Gasteiger partial charge in [0.2, 0.25) is 59.1 Å². The molecule has 78 heavy (non-hydrogen) atoms. The zero-order valence-corrected chi connectivity index (χ0v) is 43.2. The van der Waals surface area contributed by atoms with Gasteiger partial charge in [-0.05, 0) is 80.7 Å². The predicted molar refractivity (Wildman–Crippen MR) is 285 cm³/mol. The summed E-state index contributed by atoms with van der Waals surface area (Å²) in [7, 11) is 0. The van der Waals surface area contributed by atoms with E-state index >= 15 is 0 Å². The number of nitrogens with two attached hydrogens (primary N) is 6. The van der Waals surface area contributed by atoms with Crippen molar-refractivity contribution in [2.45, 2.75) is 126 Å². The fourth-order valence-corrected chi connectivity index (χ4v) is 8.32. The minimum absolute atomic E-state index is 0.00345. The Balaban J connectivity index is 1.81. The number of aromatic nitrogens is 1. The number of primary amides is 2. The second-order valence-corrected chi connectivity index (χ2v) is 18.5. The van der Waals surface area contributed by atoms with Crippen molar-refractivity contribution < 1.29 is 47.9 Å². The summed E-state index contributed by atoms with van der Waals surface area (Å²) in [6.07, 6.45) is -0.212. The first-order valence-electron chi connectivity index (χ1n) is 25.2. The Morgan fingerprint density at radius 3 is 1.94 bits per heavy atom. The lowest BCUT2D eigenvalue weighted by atomic mass is 10.0. The summed E-state index contributed by atoms with van der Waals surface area (Å²) in [4.78, 5) is 148. The maximum Gasteiger partial charge on any atom is 0.243 e. The van der Waals surface area contributed by atoms with E-state index in [1.165, 1.54) is 31.2 Å². The Labute approximate surface area is 449 Å². The Bertz CT molecular complexity index is 2730. The van der Waals surface area contributed by atoms with Crippen LogP contribution in [0.2, 0.25) is 0 Å². The lowest BCUT2D eigenvalue weighted by molar-refractivity contribution is -0.136. The predicted octanol–water partition coefficient (Wildman–Crippen LogP) is -4.21. The van der Waals surface area contributed by atoms with Crippen LogP contribution < -0.4 is 76.9 Å². The van der Waals surface area contributed by atoms with Crippen molar-refractivity contribution >= 4 is 81.9 Å². The van der Waals surface area contributed by atoms with E-state index < -0.39 is 114 Å². The van der Waals surface area contributed by atoms with Gasteiger partial charge in [-0.2, -0.15) is 5.26 Å². The summed E-state index contributed by atoms with van der Waals surface area (Å²) in [6, 6.07) is 5.06.